The lowest BCUT2D eigenvalue weighted by Crippen LogP contribution is -2.66. The van der Waals surface area contributed by atoms with Gasteiger partial charge in [0.2, 0.25) is 5.91 Å². The molecule has 4 aliphatic heterocycles. The van der Waals surface area contributed by atoms with Crippen LogP contribution in [-0.4, -0.2) is 225 Å². The summed E-state index contributed by atoms with van der Waals surface area (Å²) in [6.07, 6.45) is -25.3. The highest BCUT2D eigenvalue weighted by molar-refractivity contribution is 7.99. The number of ether oxygens (including phenoxy) is 9. The third kappa shape index (κ3) is 13.7. The van der Waals surface area contributed by atoms with E-state index in [0.29, 0.717) is 18.5 Å². The van der Waals surface area contributed by atoms with Crippen molar-refractivity contribution in [1.82, 2.24) is 16.0 Å². The normalized spacial score (nSPS) is 36.8. The quantitative estimate of drug-likeness (QED) is 0.0359. The maximum Gasteiger partial charge on any atom is 0.407 e. The van der Waals surface area contributed by atoms with Crippen molar-refractivity contribution in [2.75, 3.05) is 57.6 Å². The van der Waals surface area contributed by atoms with E-state index in [1.165, 1.54) is 0 Å². The zero-order chi connectivity index (χ0) is 45.7. The van der Waals surface area contributed by atoms with Crippen LogP contribution in [-0.2, 0) is 52.2 Å². The van der Waals surface area contributed by atoms with Gasteiger partial charge >= 0.3 is 18.2 Å². The van der Waals surface area contributed by atoms with Crippen LogP contribution < -0.4 is 16.0 Å². The fourth-order valence-corrected chi connectivity index (χ4v) is 7.44. The molecule has 16 atom stereocenters. The zero-order valence-corrected chi connectivity index (χ0v) is 34.9. The Bertz CT molecular complexity index is 1480. The SMILES string of the molecule is C=C(C)C(=O)NCCSCCCCCOC(=O)NCCNC(=O)OCC1O[C@H]2O[C@@](C)(C(=O)O)OC2[C@@H](O)[C@H]1O[C@@H]1OC(CO)[C@H](O[C@@H]2OC(CO)[C@H](O)[C@H](O)C2O)[C@H](O)C1O. The van der Waals surface area contributed by atoms with Crippen molar-refractivity contribution in [3.8, 4) is 0 Å². The maximum absolute atomic E-state index is 12.6. The molecule has 26 heteroatoms. The second-order valence-electron chi connectivity index (χ2n) is 14.9. The predicted molar refractivity (Wildman–Crippen MR) is 206 cm³/mol. The number of nitrogens with one attached hydrogen (secondary N) is 3. The van der Waals surface area contributed by atoms with Crippen LogP contribution in [0, 0.1) is 0 Å². The molecule has 4 fully saturated rings. The van der Waals surface area contributed by atoms with Crippen molar-refractivity contribution in [2.45, 2.75) is 131 Å². The van der Waals surface area contributed by atoms with E-state index in [1.54, 1.807) is 18.7 Å². The van der Waals surface area contributed by atoms with Crippen LogP contribution in [0.1, 0.15) is 33.1 Å². The van der Waals surface area contributed by atoms with E-state index in [-0.39, 0.29) is 25.6 Å². The van der Waals surface area contributed by atoms with Crippen molar-refractivity contribution < 1.29 is 108 Å². The average Bonchev–Trinajstić information content (AvgIpc) is 3.60. The molecule has 0 aliphatic carbocycles. The number of thioether (sulfide) groups is 1. The third-order valence-electron chi connectivity index (χ3n) is 10.1. The molecule has 4 heterocycles. The number of aliphatic carboxylic acids is 1. The van der Waals surface area contributed by atoms with Crippen molar-refractivity contribution in [3.05, 3.63) is 12.2 Å². The van der Waals surface area contributed by atoms with Crippen molar-refractivity contribution in [2.24, 2.45) is 0 Å². The summed E-state index contributed by atoms with van der Waals surface area (Å²) >= 11 is 1.69. The molecule has 0 bridgehead atoms. The molecule has 25 nitrogen and oxygen atoms in total. The molecular formula is C36H59N3O22S. The lowest BCUT2D eigenvalue weighted by molar-refractivity contribution is -0.374. The Morgan fingerprint density at radius 2 is 1.27 bits per heavy atom. The number of carbonyl (C=O) groups excluding carboxylic acids is 3. The number of hydrogen-bond donors (Lipinski definition) is 12. The molecular weight excluding hydrogens is 858 g/mol. The Kier molecular flexibility index (Phi) is 20.2. The third-order valence-corrected chi connectivity index (χ3v) is 11.2. The number of amides is 3. The molecule has 4 rings (SSSR count). The van der Waals surface area contributed by atoms with Crippen LogP contribution in [0.5, 0.6) is 0 Å². The molecule has 6 unspecified atom stereocenters. The first-order valence-corrected chi connectivity index (χ1v) is 21.1. The van der Waals surface area contributed by atoms with Gasteiger partial charge < -0.3 is 105 Å². The highest BCUT2D eigenvalue weighted by atomic mass is 32.2. The summed E-state index contributed by atoms with van der Waals surface area (Å²) in [5.74, 6) is -2.38. The first-order chi connectivity index (χ1) is 29.4. The molecule has 0 spiro atoms. The number of fused-ring (bicyclic) bond motifs is 1. The predicted octanol–water partition coefficient (Wildman–Crippen LogP) is -4.65. The molecule has 0 saturated carbocycles. The van der Waals surface area contributed by atoms with E-state index in [4.69, 9.17) is 42.6 Å². The van der Waals surface area contributed by atoms with E-state index in [2.05, 4.69) is 22.5 Å². The minimum absolute atomic E-state index is 0.0497. The summed E-state index contributed by atoms with van der Waals surface area (Å²) in [6, 6.07) is 0. The van der Waals surface area contributed by atoms with Gasteiger partial charge in [-0.3, -0.25) is 4.79 Å². The number of aliphatic hydroxyl groups excluding tert-OH is 8. The number of carboxylic acid groups (broad SMARTS) is 1. The summed E-state index contributed by atoms with van der Waals surface area (Å²) in [7, 11) is 0. The molecule has 0 aromatic rings. The molecule has 4 saturated heterocycles. The first-order valence-electron chi connectivity index (χ1n) is 19.9. The highest BCUT2D eigenvalue weighted by Crippen LogP contribution is 2.39. The summed E-state index contributed by atoms with van der Waals surface area (Å²) < 4.78 is 49.4. The Labute approximate surface area is 359 Å². The van der Waals surface area contributed by atoms with Gasteiger partial charge in [0.1, 0.15) is 79.9 Å². The number of rotatable bonds is 22. The fraction of sp³-hybridized carbons (Fsp3) is 0.833. The topological polar surface area (TPSA) is 370 Å². The summed E-state index contributed by atoms with van der Waals surface area (Å²) in [6.45, 7) is 4.44. The van der Waals surface area contributed by atoms with Crippen LogP contribution in [0.4, 0.5) is 9.59 Å². The first kappa shape index (κ1) is 51.6. The standard InChI is InChI=1S/C36H59N3O22S/c1-16(2)29(48)37-9-12-62-11-6-4-5-10-53-34(51)38-7-8-39-35(52)54-15-19-27(25(47)28-32(57-19)61-36(3,60-28)33(49)50)59-31-24(46)22(44)26(18(14-41)56-31)58-30-23(45)21(43)20(42)17(13-40)55-30/h17-28,30-32,40-47H,1,4-15H2,2-3H3,(H,37,48)(H,38,51)(H,39,52)(H,49,50)/t17?,18?,19?,20-,21-,22+,23?,24?,25-,26-,27-,28?,30-,31-,32-,36-/m0/s1. The van der Waals surface area contributed by atoms with Crippen LogP contribution in [0.2, 0.25) is 0 Å². The van der Waals surface area contributed by atoms with Gasteiger partial charge in [-0.1, -0.05) is 6.58 Å². The Hall–Kier alpha value is -3.03. The van der Waals surface area contributed by atoms with Crippen molar-refractivity contribution >= 4 is 35.8 Å². The zero-order valence-electron chi connectivity index (χ0n) is 34.1. The molecule has 0 radical (unpaired) electrons. The number of aliphatic hydroxyl groups is 8. The maximum atomic E-state index is 12.6. The van der Waals surface area contributed by atoms with Gasteiger partial charge in [0.25, 0.3) is 5.79 Å². The molecule has 62 heavy (non-hydrogen) atoms. The van der Waals surface area contributed by atoms with Gasteiger partial charge in [-0.2, -0.15) is 11.8 Å². The summed E-state index contributed by atoms with van der Waals surface area (Å²) in [5.41, 5.74) is 0.455. The van der Waals surface area contributed by atoms with Crippen molar-refractivity contribution in [1.29, 1.82) is 0 Å². The monoisotopic (exact) mass is 917 g/mol. The van der Waals surface area contributed by atoms with Gasteiger partial charge in [-0.05, 0) is 31.9 Å². The number of carboxylic acids is 1. The smallest absolute Gasteiger partial charge is 0.407 e. The van der Waals surface area contributed by atoms with Crippen LogP contribution in [0.15, 0.2) is 12.2 Å². The largest absolute Gasteiger partial charge is 0.477 e. The lowest BCUT2D eigenvalue weighted by atomic mass is 9.96. The minimum Gasteiger partial charge on any atom is -0.477 e. The lowest BCUT2D eigenvalue weighted by Gasteiger charge is -2.47. The Morgan fingerprint density at radius 1 is 0.677 bits per heavy atom. The molecule has 3 amide bonds. The fourth-order valence-electron chi connectivity index (χ4n) is 6.58. The van der Waals surface area contributed by atoms with Gasteiger partial charge in [-0.25, -0.2) is 14.4 Å². The van der Waals surface area contributed by atoms with Gasteiger partial charge in [0.05, 0.1) is 19.8 Å². The second-order valence-corrected chi connectivity index (χ2v) is 16.1. The van der Waals surface area contributed by atoms with E-state index in [1.807, 2.05) is 0 Å². The van der Waals surface area contributed by atoms with Gasteiger partial charge in [-0.15, -0.1) is 0 Å². The van der Waals surface area contributed by atoms with E-state index >= 15 is 0 Å². The van der Waals surface area contributed by atoms with Gasteiger partial charge in [0, 0.05) is 37.9 Å². The Morgan fingerprint density at radius 3 is 1.89 bits per heavy atom. The molecule has 12 N–H and O–H groups in total. The van der Waals surface area contributed by atoms with Crippen LogP contribution in [0.25, 0.3) is 0 Å². The van der Waals surface area contributed by atoms with Crippen molar-refractivity contribution in [3.63, 3.8) is 0 Å². The van der Waals surface area contributed by atoms with Crippen LogP contribution >= 0.6 is 11.8 Å². The second kappa shape index (κ2) is 24.3. The molecule has 0 aromatic carbocycles. The summed E-state index contributed by atoms with van der Waals surface area (Å²) in [4.78, 5) is 48.0. The number of hydrogen-bond acceptors (Lipinski definition) is 22. The minimum atomic E-state index is -2.29. The van der Waals surface area contributed by atoms with Crippen LogP contribution in [0.3, 0.4) is 0 Å². The van der Waals surface area contributed by atoms with E-state index in [9.17, 15) is 65.1 Å². The molecule has 356 valence electrons. The number of carbonyl (C=O) groups is 4. The average molecular weight is 918 g/mol. The number of alkyl carbamates (subject to hydrolysis) is 2. The summed E-state index contributed by atoms with van der Waals surface area (Å²) in [5, 5.41) is 101. The highest BCUT2D eigenvalue weighted by Gasteiger charge is 2.60. The van der Waals surface area contributed by atoms with Gasteiger partial charge in [0.15, 0.2) is 18.9 Å². The van der Waals surface area contributed by atoms with E-state index < -0.39 is 136 Å². The number of unbranched alkanes of at least 4 members (excludes halogenated alkanes) is 2. The Balaban J connectivity index is 1.25. The van der Waals surface area contributed by atoms with E-state index in [0.717, 1.165) is 31.3 Å². The molecule has 4 aliphatic rings. The molecule has 0 aromatic heterocycles.